The Balaban J connectivity index is 1.64. The predicted molar refractivity (Wildman–Crippen MR) is 119 cm³/mol. The molecule has 11 heteroatoms. The Kier molecular flexibility index (Phi) is 7.46. The Hall–Kier alpha value is -2.43. The van der Waals surface area contributed by atoms with E-state index in [4.69, 9.17) is 16.3 Å². The molecular formula is C19H21ClN6O2S2. The summed E-state index contributed by atoms with van der Waals surface area (Å²) in [6, 6.07) is 3.78. The van der Waals surface area contributed by atoms with Crippen LogP contribution >= 0.6 is 34.7 Å². The molecule has 1 aromatic carbocycles. The molecule has 0 aliphatic heterocycles. The number of rotatable bonds is 9. The normalized spacial score (nSPS) is 10.8. The van der Waals surface area contributed by atoms with Crippen LogP contribution in [0.15, 0.2) is 29.9 Å². The molecule has 2 aromatic heterocycles. The SMILES string of the molecule is C=CCn1c(COc2cc(C)c(Cl)c(C)c2)nnc1SCC(=O)Nc1nnc(C)s1. The van der Waals surface area contributed by atoms with Crippen LogP contribution in [0.2, 0.25) is 5.02 Å². The minimum atomic E-state index is -0.186. The third-order valence-electron chi connectivity index (χ3n) is 3.99. The molecule has 0 bridgehead atoms. The second kappa shape index (κ2) is 10.1. The summed E-state index contributed by atoms with van der Waals surface area (Å²) in [5.74, 6) is 1.34. The van der Waals surface area contributed by atoms with Crippen molar-refractivity contribution in [1.82, 2.24) is 25.0 Å². The van der Waals surface area contributed by atoms with Gasteiger partial charge in [-0.05, 0) is 44.0 Å². The summed E-state index contributed by atoms with van der Waals surface area (Å²) < 4.78 is 7.77. The molecule has 0 aliphatic rings. The Bertz CT molecular complexity index is 1040. The lowest BCUT2D eigenvalue weighted by molar-refractivity contribution is -0.113. The van der Waals surface area contributed by atoms with Crippen LogP contribution in [-0.2, 0) is 17.9 Å². The summed E-state index contributed by atoms with van der Waals surface area (Å²) in [5, 5.41) is 21.5. The van der Waals surface area contributed by atoms with Crippen LogP contribution in [0.1, 0.15) is 22.0 Å². The molecular weight excluding hydrogens is 444 g/mol. The number of carbonyl (C=O) groups excluding carboxylic acids is 1. The fraction of sp³-hybridized carbons (Fsp3) is 0.316. The molecule has 1 N–H and O–H groups in total. The molecule has 3 rings (SSSR count). The van der Waals surface area contributed by atoms with Gasteiger partial charge in [0.05, 0.1) is 5.75 Å². The topological polar surface area (TPSA) is 94.8 Å². The molecule has 158 valence electrons. The minimum Gasteiger partial charge on any atom is -0.486 e. The highest BCUT2D eigenvalue weighted by atomic mass is 35.5. The van der Waals surface area contributed by atoms with E-state index >= 15 is 0 Å². The Labute approximate surface area is 187 Å². The highest BCUT2D eigenvalue weighted by Crippen LogP contribution is 2.26. The van der Waals surface area contributed by atoms with E-state index in [1.165, 1.54) is 23.1 Å². The van der Waals surface area contributed by atoms with Crippen LogP contribution in [0.5, 0.6) is 5.75 Å². The molecule has 0 radical (unpaired) electrons. The van der Waals surface area contributed by atoms with Gasteiger partial charge in [0.2, 0.25) is 11.0 Å². The van der Waals surface area contributed by atoms with Crippen molar-refractivity contribution in [2.45, 2.75) is 39.1 Å². The van der Waals surface area contributed by atoms with Crippen molar-refractivity contribution < 1.29 is 9.53 Å². The first-order valence-corrected chi connectivity index (χ1v) is 11.2. The van der Waals surface area contributed by atoms with Gasteiger partial charge in [-0.25, -0.2) is 0 Å². The van der Waals surface area contributed by atoms with Crippen molar-refractivity contribution >= 4 is 45.7 Å². The number of nitrogens with zero attached hydrogens (tertiary/aromatic N) is 5. The van der Waals surface area contributed by atoms with E-state index in [2.05, 4.69) is 32.3 Å². The highest BCUT2D eigenvalue weighted by molar-refractivity contribution is 7.99. The summed E-state index contributed by atoms with van der Waals surface area (Å²) in [6.45, 7) is 10.2. The maximum Gasteiger partial charge on any atom is 0.236 e. The van der Waals surface area contributed by atoms with E-state index in [1.807, 2.05) is 37.5 Å². The number of allylic oxidation sites excluding steroid dienone is 1. The predicted octanol–water partition coefficient (Wildman–Crippen LogP) is 4.20. The molecule has 0 spiro atoms. The monoisotopic (exact) mass is 464 g/mol. The van der Waals surface area contributed by atoms with Crippen molar-refractivity contribution in [2.24, 2.45) is 0 Å². The summed E-state index contributed by atoms with van der Waals surface area (Å²) in [6.07, 6.45) is 1.75. The van der Waals surface area contributed by atoms with Gasteiger partial charge < -0.3 is 4.74 Å². The number of aryl methyl sites for hydroxylation is 3. The van der Waals surface area contributed by atoms with Crippen molar-refractivity contribution in [3.8, 4) is 5.75 Å². The Morgan fingerprint density at radius 2 is 2.00 bits per heavy atom. The molecule has 0 atom stereocenters. The minimum absolute atomic E-state index is 0.171. The molecule has 0 saturated heterocycles. The largest absolute Gasteiger partial charge is 0.486 e. The molecule has 8 nitrogen and oxygen atoms in total. The number of thioether (sulfide) groups is 1. The van der Waals surface area contributed by atoms with Gasteiger partial charge in [0.15, 0.2) is 11.0 Å². The average Bonchev–Trinajstić information content (AvgIpc) is 3.28. The van der Waals surface area contributed by atoms with E-state index in [-0.39, 0.29) is 18.3 Å². The standard InChI is InChI=1S/C19H21ClN6O2S2/c1-5-6-26-15(9-28-14-7-11(2)17(20)12(3)8-14)23-25-19(26)29-10-16(27)21-18-24-22-13(4)30-18/h5,7-8H,1,6,9-10H2,2-4H3,(H,21,24,27). The van der Waals surface area contributed by atoms with E-state index in [1.54, 1.807) is 6.08 Å². The summed E-state index contributed by atoms with van der Waals surface area (Å²) in [4.78, 5) is 12.2. The third kappa shape index (κ3) is 5.59. The molecule has 0 saturated carbocycles. The quantitative estimate of drug-likeness (QED) is 0.374. The number of benzene rings is 1. The zero-order valence-electron chi connectivity index (χ0n) is 16.8. The van der Waals surface area contributed by atoms with Crippen molar-refractivity contribution in [2.75, 3.05) is 11.1 Å². The Morgan fingerprint density at radius 3 is 2.63 bits per heavy atom. The van der Waals surface area contributed by atoms with Gasteiger partial charge in [-0.2, -0.15) is 0 Å². The van der Waals surface area contributed by atoms with Crippen LogP contribution < -0.4 is 10.1 Å². The second-order valence-electron chi connectivity index (χ2n) is 6.42. The smallest absolute Gasteiger partial charge is 0.236 e. The van der Waals surface area contributed by atoms with Gasteiger partial charge >= 0.3 is 0 Å². The zero-order chi connectivity index (χ0) is 21.7. The fourth-order valence-corrected chi connectivity index (χ4v) is 4.10. The van der Waals surface area contributed by atoms with Crippen LogP contribution in [0.3, 0.4) is 0 Å². The molecule has 0 fully saturated rings. The average molecular weight is 465 g/mol. The number of ether oxygens (including phenoxy) is 1. The van der Waals surface area contributed by atoms with Crippen LogP contribution in [0.25, 0.3) is 0 Å². The van der Waals surface area contributed by atoms with Crippen molar-refractivity contribution in [3.63, 3.8) is 0 Å². The first-order valence-electron chi connectivity index (χ1n) is 9.02. The molecule has 3 aromatic rings. The molecule has 0 unspecified atom stereocenters. The van der Waals surface area contributed by atoms with E-state index in [0.29, 0.717) is 28.4 Å². The first kappa shape index (κ1) is 22.3. The number of hydrogen-bond donors (Lipinski definition) is 1. The number of anilines is 1. The van der Waals surface area contributed by atoms with E-state index in [0.717, 1.165) is 21.2 Å². The second-order valence-corrected chi connectivity index (χ2v) is 8.92. The number of halogens is 1. The van der Waals surface area contributed by atoms with Gasteiger partial charge in [0.1, 0.15) is 17.4 Å². The van der Waals surface area contributed by atoms with E-state index < -0.39 is 0 Å². The summed E-state index contributed by atoms with van der Waals surface area (Å²) in [7, 11) is 0. The number of amides is 1. The van der Waals surface area contributed by atoms with Gasteiger partial charge in [0, 0.05) is 11.6 Å². The fourth-order valence-electron chi connectivity index (χ4n) is 2.61. The van der Waals surface area contributed by atoms with Crippen molar-refractivity contribution in [1.29, 1.82) is 0 Å². The third-order valence-corrected chi connectivity index (χ3v) is 6.30. The van der Waals surface area contributed by atoms with Gasteiger partial charge in [-0.1, -0.05) is 40.8 Å². The molecule has 2 heterocycles. The summed E-state index contributed by atoms with van der Waals surface area (Å²) in [5.41, 5.74) is 1.90. The summed E-state index contributed by atoms with van der Waals surface area (Å²) >= 11 is 8.82. The number of hydrogen-bond acceptors (Lipinski definition) is 8. The maximum atomic E-state index is 12.2. The highest BCUT2D eigenvalue weighted by Gasteiger charge is 2.15. The van der Waals surface area contributed by atoms with E-state index in [9.17, 15) is 4.79 Å². The molecule has 30 heavy (non-hydrogen) atoms. The lowest BCUT2D eigenvalue weighted by Gasteiger charge is -2.11. The maximum absolute atomic E-state index is 12.2. The van der Waals surface area contributed by atoms with Crippen LogP contribution in [0, 0.1) is 20.8 Å². The first-order chi connectivity index (χ1) is 14.4. The van der Waals surface area contributed by atoms with Crippen LogP contribution in [-0.4, -0.2) is 36.6 Å². The lowest BCUT2D eigenvalue weighted by atomic mass is 10.1. The Morgan fingerprint density at radius 1 is 1.27 bits per heavy atom. The molecule has 0 aliphatic carbocycles. The zero-order valence-corrected chi connectivity index (χ0v) is 19.2. The van der Waals surface area contributed by atoms with Crippen LogP contribution in [0.4, 0.5) is 5.13 Å². The number of aromatic nitrogens is 5. The number of carbonyl (C=O) groups is 1. The number of nitrogens with one attached hydrogen (secondary N) is 1. The van der Waals surface area contributed by atoms with Crippen molar-refractivity contribution in [3.05, 3.63) is 51.8 Å². The van der Waals surface area contributed by atoms with Gasteiger partial charge in [0.25, 0.3) is 0 Å². The lowest BCUT2D eigenvalue weighted by Crippen LogP contribution is -2.15. The van der Waals surface area contributed by atoms with Gasteiger partial charge in [-0.15, -0.1) is 27.0 Å². The molecule has 1 amide bonds. The van der Waals surface area contributed by atoms with Gasteiger partial charge in [-0.3, -0.25) is 14.7 Å².